The Labute approximate surface area is 110 Å². The molecule has 1 aliphatic heterocycles. The molecule has 5 nitrogen and oxygen atoms in total. The molecule has 1 aliphatic rings. The predicted molar refractivity (Wildman–Crippen MR) is 72.4 cm³/mol. The minimum absolute atomic E-state index is 0.245. The molecule has 1 heterocycles. The van der Waals surface area contributed by atoms with Gasteiger partial charge in [0, 0.05) is 38.3 Å². The highest BCUT2D eigenvalue weighted by Crippen LogP contribution is 2.15. The quantitative estimate of drug-likeness (QED) is 0.734. The molecular formula is C13H27N3O2. The Bertz CT molecular complexity index is 268. The highest BCUT2D eigenvalue weighted by Gasteiger charge is 2.26. The number of methoxy groups -OCH3 is 1. The number of rotatable bonds is 4. The van der Waals surface area contributed by atoms with Crippen LogP contribution >= 0.6 is 0 Å². The van der Waals surface area contributed by atoms with Gasteiger partial charge in [0.1, 0.15) is 6.04 Å². The van der Waals surface area contributed by atoms with Gasteiger partial charge in [-0.05, 0) is 27.2 Å². The van der Waals surface area contributed by atoms with E-state index >= 15 is 0 Å². The number of piperazine rings is 1. The third-order valence-electron chi connectivity index (χ3n) is 3.58. The molecule has 18 heavy (non-hydrogen) atoms. The first kappa shape index (κ1) is 15.4. The van der Waals surface area contributed by atoms with Gasteiger partial charge in [-0.25, -0.2) is 0 Å². The second-order valence-electron chi connectivity index (χ2n) is 5.92. The Kier molecular flexibility index (Phi) is 5.56. The van der Waals surface area contributed by atoms with Crippen LogP contribution in [0.25, 0.3) is 0 Å². The van der Waals surface area contributed by atoms with Crippen molar-refractivity contribution in [3.05, 3.63) is 0 Å². The molecule has 0 bridgehead atoms. The van der Waals surface area contributed by atoms with E-state index in [0.29, 0.717) is 6.42 Å². The average molecular weight is 257 g/mol. The second kappa shape index (κ2) is 6.50. The topological polar surface area (TPSA) is 58.8 Å². The van der Waals surface area contributed by atoms with Gasteiger partial charge in [0.25, 0.3) is 0 Å². The van der Waals surface area contributed by atoms with E-state index in [1.54, 1.807) is 0 Å². The van der Waals surface area contributed by atoms with E-state index in [0.717, 1.165) is 32.7 Å². The predicted octanol–water partition coefficient (Wildman–Crippen LogP) is 0.293. The van der Waals surface area contributed by atoms with Crippen molar-refractivity contribution in [3.8, 4) is 0 Å². The lowest BCUT2D eigenvalue weighted by Crippen LogP contribution is -2.53. The van der Waals surface area contributed by atoms with Crippen molar-refractivity contribution in [2.75, 3.05) is 39.8 Å². The third-order valence-corrected chi connectivity index (χ3v) is 3.58. The lowest BCUT2D eigenvalue weighted by molar-refractivity contribution is -0.142. The van der Waals surface area contributed by atoms with Crippen molar-refractivity contribution in [3.63, 3.8) is 0 Å². The van der Waals surface area contributed by atoms with Crippen molar-refractivity contribution in [1.82, 2.24) is 9.80 Å². The van der Waals surface area contributed by atoms with Crippen LogP contribution in [-0.2, 0) is 9.53 Å². The number of nitrogens with two attached hydrogens (primary N) is 1. The Morgan fingerprint density at radius 3 is 2.28 bits per heavy atom. The van der Waals surface area contributed by atoms with E-state index in [1.807, 2.05) is 0 Å². The van der Waals surface area contributed by atoms with Crippen LogP contribution in [-0.4, -0.2) is 67.2 Å². The maximum Gasteiger partial charge on any atom is 0.322 e. The van der Waals surface area contributed by atoms with Crippen molar-refractivity contribution < 1.29 is 9.53 Å². The first-order valence-corrected chi connectivity index (χ1v) is 6.65. The molecular weight excluding hydrogens is 230 g/mol. The van der Waals surface area contributed by atoms with Gasteiger partial charge in [-0.3, -0.25) is 9.69 Å². The number of carbonyl (C=O) groups excluding carboxylic acids is 1. The fourth-order valence-corrected chi connectivity index (χ4v) is 2.23. The zero-order chi connectivity index (χ0) is 13.8. The molecule has 0 aromatic carbocycles. The van der Waals surface area contributed by atoms with Crippen molar-refractivity contribution in [2.45, 2.75) is 38.8 Å². The Morgan fingerprint density at radius 2 is 1.83 bits per heavy atom. The van der Waals surface area contributed by atoms with Crippen LogP contribution in [0.4, 0.5) is 0 Å². The summed E-state index contributed by atoms with van der Waals surface area (Å²) >= 11 is 0. The van der Waals surface area contributed by atoms with Crippen molar-refractivity contribution >= 4 is 5.97 Å². The molecule has 106 valence electrons. The minimum Gasteiger partial charge on any atom is -0.468 e. The minimum atomic E-state index is -0.490. The van der Waals surface area contributed by atoms with Crippen molar-refractivity contribution in [1.29, 1.82) is 0 Å². The second-order valence-corrected chi connectivity index (χ2v) is 5.92. The monoisotopic (exact) mass is 257 g/mol. The fourth-order valence-electron chi connectivity index (χ4n) is 2.23. The summed E-state index contributed by atoms with van der Waals surface area (Å²) in [5, 5.41) is 0. The Morgan fingerprint density at radius 1 is 1.28 bits per heavy atom. The van der Waals surface area contributed by atoms with E-state index in [-0.39, 0.29) is 11.5 Å². The van der Waals surface area contributed by atoms with Gasteiger partial charge in [-0.2, -0.15) is 0 Å². The molecule has 1 rings (SSSR count). The summed E-state index contributed by atoms with van der Waals surface area (Å²) in [7, 11) is 1.38. The van der Waals surface area contributed by atoms with Crippen LogP contribution in [0.2, 0.25) is 0 Å². The van der Waals surface area contributed by atoms with Gasteiger partial charge in [0.05, 0.1) is 7.11 Å². The number of esters is 1. The van der Waals surface area contributed by atoms with Crippen LogP contribution in [0.15, 0.2) is 0 Å². The maximum atomic E-state index is 11.2. The molecule has 0 radical (unpaired) electrons. The average Bonchev–Trinajstić information content (AvgIpc) is 2.34. The molecule has 0 aromatic heterocycles. The number of nitrogens with zero attached hydrogens (tertiary/aromatic N) is 2. The normalized spacial score (nSPS) is 20.7. The highest BCUT2D eigenvalue weighted by molar-refractivity contribution is 5.75. The van der Waals surface area contributed by atoms with Crippen LogP contribution in [0.3, 0.4) is 0 Å². The summed E-state index contributed by atoms with van der Waals surface area (Å²) in [6.45, 7) is 11.9. The van der Waals surface area contributed by atoms with E-state index in [4.69, 9.17) is 5.73 Å². The molecule has 0 aliphatic carbocycles. The van der Waals surface area contributed by atoms with E-state index in [2.05, 4.69) is 35.3 Å². The zero-order valence-electron chi connectivity index (χ0n) is 12.1. The van der Waals surface area contributed by atoms with Gasteiger partial charge in [0.2, 0.25) is 0 Å². The summed E-state index contributed by atoms with van der Waals surface area (Å²) in [6.07, 6.45) is 0.669. The highest BCUT2D eigenvalue weighted by atomic mass is 16.5. The number of ether oxygens (including phenoxy) is 1. The SMILES string of the molecule is COC(=O)C(N)CCN1CCN(C(C)(C)C)CC1. The summed E-state index contributed by atoms with van der Waals surface area (Å²) in [6, 6.07) is -0.490. The molecule has 0 saturated carbocycles. The molecule has 0 spiro atoms. The fraction of sp³-hybridized carbons (Fsp3) is 0.923. The standard InChI is InChI=1S/C13H27N3O2/c1-13(2,3)16-9-7-15(8-10-16)6-5-11(14)12(17)18-4/h11H,5-10,14H2,1-4H3. The van der Waals surface area contributed by atoms with Crippen molar-refractivity contribution in [2.24, 2.45) is 5.73 Å². The Balaban J connectivity index is 2.26. The third kappa shape index (κ3) is 4.55. The summed E-state index contributed by atoms with van der Waals surface area (Å²) < 4.78 is 4.62. The van der Waals surface area contributed by atoms with Gasteiger partial charge in [-0.1, -0.05) is 0 Å². The molecule has 1 unspecified atom stereocenters. The number of carbonyl (C=O) groups is 1. The van der Waals surface area contributed by atoms with Crippen LogP contribution in [0.5, 0.6) is 0 Å². The molecule has 1 atom stereocenters. The molecule has 2 N–H and O–H groups in total. The summed E-state index contributed by atoms with van der Waals surface area (Å²) in [5.41, 5.74) is 5.97. The lowest BCUT2D eigenvalue weighted by atomic mass is 10.0. The summed E-state index contributed by atoms with van der Waals surface area (Å²) in [4.78, 5) is 16.0. The van der Waals surface area contributed by atoms with Gasteiger partial charge < -0.3 is 15.4 Å². The lowest BCUT2D eigenvalue weighted by Gasteiger charge is -2.42. The smallest absolute Gasteiger partial charge is 0.322 e. The van der Waals surface area contributed by atoms with Gasteiger partial charge in [-0.15, -0.1) is 0 Å². The number of hydrogen-bond donors (Lipinski definition) is 1. The first-order valence-electron chi connectivity index (χ1n) is 6.65. The molecule has 1 saturated heterocycles. The number of hydrogen-bond acceptors (Lipinski definition) is 5. The zero-order valence-corrected chi connectivity index (χ0v) is 12.1. The van der Waals surface area contributed by atoms with Crippen LogP contribution < -0.4 is 5.73 Å². The van der Waals surface area contributed by atoms with Crippen LogP contribution in [0, 0.1) is 0 Å². The Hall–Kier alpha value is -0.650. The van der Waals surface area contributed by atoms with E-state index < -0.39 is 6.04 Å². The van der Waals surface area contributed by atoms with Crippen LogP contribution in [0.1, 0.15) is 27.2 Å². The molecule has 5 heteroatoms. The maximum absolute atomic E-state index is 11.2. The molecule has 0 amide bonds. The molecule has 1 fully saturated rings. The first-order chi connectivity index (χ1) is 8.34. The molecule has 0 aromatic rings. The van der Waals surface area contributed by atoms with E-state index in [9.17, 15) is 4.79 Å². The largest absolute Gasteiger partial charge is 0.468 e. The van der Waals surface area contributed by atoms with Gasteiger partial charge in [0.15, 0.2) is 0 Å². The van der Waals surface area contributed by atoms with E-state index in [1.165, 1.54) is 7.11 Å². The van der Waals surface area contributed by atoms with Gasteiger partial charge >= 0.3 is 5.97 Å². The summed E-state index contributed by atoms with van der Waals surface area (Å²) in [5.74, 6) is -0.316.